The lowest BCUT2D eigenvalue weighted by Gasteiger charge is -2.53. The van der Waals surface area contributed by atoms with E-state index >= 15 is 0 Å². The van der Waals surface area contributed by atoms with Crippen molar-refractivity contribution in [2.24, 2.45) is 5.41 Å². The van der Waals surface area contributed by atoms with Crippen LogP contribution in [0.25, 0.3) is 0 Å². The molecule has 1 N–H and O–H groups in total. The van der Waals surface area contributed by atoms with Crippen molar-refractivity contribution in [2.45, 2.75) is 71.1 Å². The SMILES string of the molecule is Cc1c(Br)cccc1OCCO[C@H]1C[C@@H]2CC[C@](C(C)(C)C)(C1)N2C(=O)O. The maximum Gasteiger partial charge on any atom is 0.408 e. The zero-order chi connectivity index (χ0) is 19.8. The second-order valence-corrected chi connectivity index (χ2v) is 9.63. The fourth-order valence-electron chi connectivity index (χ4n) is 4.81. The lowest BCUT2D eigenvalue weighted by atomic mass is 9.68. The van der Waals surface area contributed by atoms with Crippen LogP contribution in [0.4, 0.5) is 4.79 Å². The smallest absolute Gasteiger partial charge is 0.408 e. The molecular weight excluding hydrogens is 410 g/mol. The lowest BCUT2D eigenvalue weighted by molar-refractivity contribution is -0.0860. The molecule has 27 heavy (non-hydrogen) atoms. The van der Waals surface area contributed by atoms with Crippen LogP contribution in [0.5, 0.6) is 5.75 Å². The molecule has 0 spiro atoms. The van der Waals surface area contributed by atoms with E-state index in [0.717, 1.165) is 41.5 Å². The number of carboxylic acid groups (broad SMARTS) is 1. The van der Waals surface area contributed by atoms with E-state index in [1.165, 1.54) is 0 Å². The van der Waals surface area contributed by atoms with Gasteiger partial charge in [0.2, 0.25) is 0 Å². The Bertz CT molecular complexity index is 702. The highest BCUT2D eigenvalue weighted by Crippen LogP contribution is 2.53. The number of hydrogen-bond donors (Lipinski definition) is 1. The molecule has 1 aromatic rings. The van der Waals surface area contributed by atoms with Crippen molar-refractivity contribution in [3.8, 4) is 5.75 Å². The highest BCUT2D eigenvalue weighted by Gasteiger charge is 2.59. The fraction of sp³-hybridized carbons (Fsp3) is 0.667. The predicted octanol–water partition coefficient (Wildman–Crippen LogP) is 5.24. The Balaban J connectivity index is 1.59. The highest BCUT2D eigenvalue weighted by atomic mass is 79.9. The van der Waals surface area contributed by atoms with Gasteiger partial charge in [-0.25, -0.2) is 4.79 Å². The minimum Gasteiger partial charge on any atom is -0.491 e. The monoisotopic (exact) mass is 439 g/mol. The van der Waals surface area contributed by atoms with Crippen LogP contribution in [-0.4, -0.2) is 47.0 Å². The summed E-state index contributed by atoms with van der Waals surface area (Å²) in [4.78, 5) is 13.6. The van der Waals surface area contributed by atoms with Gasteiger partial charge in [0.1, 0.15) is 12.4 Å². The predicted molar refractivity (Wildman–Crippen MR) is 108 cm³/mol. The van der Waals surface area contributed by atoms with Crippen molar-refractivity contribution >= 4 is 22.0 Å². The van der Waals surface area contributed by atoms with Crippen LogP contribution >= 0.6 is 15.9 Å². The summed E-state index contributed by atoms with van der Waals surface area (Å²) >= 11 is 3.52. The van der Waals surface area contributed by atoms with Crippen LogP contribution in [-0.2, 0) is 4.74 Å². The average Bonchev–Trinajstić information content (AvgIpc) is 2.84. The number of carbonyl (C=O) groups is 1. The van der Waals surface area contributed by atoms with Gasteiger partial charge in [0, 0.05) is 16.1 Å². The summed E-state index contributed by atoms with van der Waals surface area (Å²) in [6.45, 7) is 9.46. The molecule has 3 rings (SSSR count). The topological polar surface area (TPSA) is 59.0 Å². The molecule has 6 heteroatoms. The van der Waals surface area contributed by atoms with E-state index < -0.39 is 6.09 Å². The van der Waals surface area contributed by atoms with Gasteiger partial charge in [0.15, 0.2) is 0 Å². The largest absolute Gasteiger partial charge is 0.491 e. The number of nitrogens with zero attached hydrogens (tertiary/aromatic N) is 1. The van der Waals surface area contributed by atoms with E-state index in [2.05, 4.69) is 36.7 Å². The quantitative estimate of drug-likeness (QED) is 0.636. The molecule has 0 aromatic heterocycles. The van der Waals surface area contributed by atoms with E-state index in [1.807, 2.05) is 25.1 Å². The second-order valence-electron chi connectivity index (χ2n) is 8.77. The Morgan fingerprint density at radius 3 is 2.78 bits per heavy atom. The summed E-state index contributed by atoms with van der Waals surface area (Å²) < 4.78 is 13.1. The Morgan fingerprint density at radius 1 is 1.37 bits per heavy atom. The Kier molecular flexibility index (Phi) is 5.78. The molecule has 3 atom stereocenters. The van der Waals surface area contributed by atoms with Crippen LogP contribution in [0.1, 0.15) is 52.0 Å². The summed E-state index contributed by atoms with van der Waals surface area (Å²) in [5, 5.41) is 9.78. The van der Waals surface area contributed by atoms with E-state index in [0.29, 0.717) is 13.2 Å². The second kappa shape index (κ2) is 7.63. The molecule has 0 unspecified atom stereocenters. The first-order chi connectivity index (χ1) is 12.7. The average molecular weight is 440 g/mol. The number of halogens is 1. The molecule has 5 nitrogen and oxygen atoms in total. The van der Waals surface area contributed by atoms with E-state index in [-0.39, 0.29) is 23.1 Å². The van der Waals surface area contributed by atoms with Gasteiger partial charge in [-0.15, -0.1) is 0 Å². The van der Waals surface area contributed by atoms with Crippen molar-refractivity contribution in [3.63, 3.8) is 0 Å². The van der Waals surface area contributed by atoms with Crippen molar-refractivity contribution < 1.29 is 19.4 Å². The summed E-state index contributed by atoms with van der Waals surface area (Å²) in [6.07, 6.45) is 2.67. The van der Waals surface area contributed by atoms with Gasteiger partial charge in [-0.3, -0.25) is 4.90 Å². The first kappa shape index (κ1) is 20.5. The van der Waals surface area contributed by atoms with Gasteiger partial charge < -0.3 is 14.6 Å². The number of hydrogen-bond acceptors (Lipinski definition) is 3. The highest BCUT2D eigenvalue weighted by molar-refractivity contribution is 9.10. The molecule has 2 fully saturated rings. The molecule has 1 aromatic carbocycles. The molecule has 2 aliphatic heterocycles. The molecule has 0 saturated carbocycles. The van der Waals surface area contributed by atoms with E-state index in [9.17, 15) is 9.90 Å². The van der Waals surface area contributed by atoms with Crippen molar-refractivity contribution in [1.29, 1.82) is 0 Å². The number of ether oxygens (including phenoxy) is 2. The molecule has 2 bridgehead atoms. The maximum atomic E-state index is 11.9. The van der Waals surface area contributed by atoms with Crippen LogP contribution in [0, 0.1) is 12.3 Å². The molecule has 2 aliphatic rings. The molecular formula is C21H30BrNO4. The van der Waals surface area contributed by atoms with Crippen LogP contribution in [0.3, 0.4) is 0 Å². The van der Waals surface area contributed by atoms with Gasteiger partial charge >= 0.3 is 6.09 Å². The summed E-state index contributed by atoms with van der Waals surface area (Å²) in [6, 6.07) is 5.98. The van der Waals surface area contributed by atoms with Crippen LogP contribution in [0.2, 0.25) is 0 Å². The van der Waals surface area contributed by atoms with E-state index in [1.54, 1.807) is 4.90 Å². The number of fused-ring (bicyclic) bond motifs is 2. The third-order valence-corrected chi connectivity index (χ3v) is 7.19. The molecule has 2 heterocycles. The fourth-order valence-corrected chi connectivity index (χ4v) is 5.16. The van der Waals surface area contributed by atoms with Crippen molar-refractivity contribution in [3.05, 3.63) is 28.2 Å². The van der Waals surface area contributed by atoms with Crippen molar-refractivity contribution in [1.82, 2.24) is 4.90 Å². The van der Waals surface area contributed by atoms with Crippen LogP contribution in [0.15, 0.2) is 22.7 Å². The lowest BCUT2D eigenvalue weighted by Crippen LogP contribution is -2.62. The minimum absolute atomic E-state index is 0.0636. The molecule has 2 saturated heterocycles. The van der Waals surface area contributed by atoms with Gasteiger partial charge in [0.05, 0.1) is 18.2 Å². The van der Waals surface area contributed by atoms with Gasteiger partial charge in [0.25, 0.3) is 0 Å². The molecule has 0 aliphatic carbocycles. The standard InChI is InChI=1S/C21H30BrNO4/c1-14-17(22)6-5-7-18(14)27-11-10-26-16-12-15-8-9-21(13-16,20(2,3)4)23(15)19(24)25/h5-7,15-16H,8-13H2,1-4H3,(H,24,25)/t15-,16-,21+/m0/s1. The molecule has 1 amide bonds. The van der Waals surface area contributed by atoms with Gasteiger partial charge in [-0.05, 0) is 50.2 Å². The third-order valence-electron chi connectivity index (χ3n) is 6.33. The van der Waals surface area contributed by atoms with Crippen molar-refractivity contribution in [2.75, 3.05) is 13.2 Å². The van der Waals surface area contributed by atoms with Crippen LogP contribution < -0.4 is 4.74 Å². The Labute approximate surface area is 170 Å². The Morgan fingerprint density at radius 2 is 2.11 bits per heavy atom. The number of rotatable bonds is 5. The molecule has 150 valence electrons. The number of piperidine rings is 1. The molecule has 0 radical (unpaired) electrons. The maximum absolute atomic E-state index is 11.9. The third kappa shape index (κ3) is 3.83. The van der Waals surface area contributed by atoms with E-state index in [4.69, 9.17) is 9.47 Å². The Hall–Kier alpha value is -1.27. The first-order valence-corrected chi connectivity index (χ1v) is 10.5. The zero-order valence-corrected chi connectivity index (χ0v) is 18.2. The first-order valence-electron chi connectivity index (χ1n) is 9.67. The number of amides is 1. The normalized spacial score (nSPS) is 27.7. The summed E-state index contributed by atoms with van der Waals surface area (Å²) in [5.41, 5.74) is 0.622. The summed E-state index contributed by atoms with van der Waals surface area (Å²) in [5.74, 6) is 0.861. The van der Waals surface area contributed by atoms with Gasteiger partial charge in [-0.2, -0.15) is 0 Å². The number of benzene rings is 1. The minimum atomic E-state index is -0.792. The summed E-state index contributed by atoms with van der Waals surface area (Å²) in [7, 11) is 0. The van der Waals surface area contributed by atoms with Gasteiger partial charge in [-0.1, -0.05) is 42.8 Å². The zero-order valence-electron chi connectivity index (χ0n) is 16.6.